The third-order valence-corrected chi connectivity index (χ3v) is 5.60. The van der Waals surface area contributed by atoms with Crippen molar-refractivity contribution in [3.63, 3.8) is 0 Å². The van der Waals surface area contributed by atoms with Crippen molar-refractivity contribution < 1.29 is 23.5 Å². The number of rotatable bonds is 10. The fourth-order valence-corrected chi connectivity index (χ4v) is 3.53. The van der Waals surface area contributed by atoms with Crippen LogP contribution in [0.2, 0.25) is 0 Å². The van der Waals surface area contributed by atoms with Crippen LogP contribution in [0.1, 0.15) is 38.5 Å². The summed E-state index contributed by atoms with van der Waals surface area (Å²) in [6, 6.07) is 22.6. The second-order valence-corrected chi connectivity index (χ2v) is 8.06. The van der Waals surface area contributed by atoms with E-state index in [9.17, 15) is 4.79 Å². The van der Waals surface area contributed by atoms with E-state index in [-0.39, 0.29) is 5.91 Å². The van der Waals surface area contributed by atoms with Crippen LogP contribution < -0.4 is 19.5 Å². The second kappa shape index (κ2) is 11.2. The topological polar surface area (TPSA) is 82.8 Å². The van der Waals surface area contributed by atoms with Gasteiger partial charge in [0.05, 0.1) is 18.4 Å². The van der Waals surface area contributed by atoms with Crippen LogP contribution >= 0.6 is 0 Å². The molecule has 0 aliphatic carbocycles. The van der Waals surface area contributed by atoms with Crippen LogP contribution in [0.25, 0.3) is 0 Å². The zero-order chi connectivity index (χ0) is 24.6. The summed E-state index contributed by atoms with van der Waals surface area (Å²) in [4.78, 5) is 12.6. The zero-order valence-electron chi connectivity index (χ0n) is 20.0. The second-order valence-electron chi connectivity index (χ2n) is 8.06. The van der Waals surface area contributed by atoms with E-state index in [0.717, 1.165) is 28.1 Å². The fraction of sp³-hybridized carbons (Fsp3) is 0.214. The molecule has 0 saturated carbocycles. The predicted octanol–water partition coefficient (Wildman–Crippen LogP) is 5.39. The molecule has 7 heteroatoms. The number of methoxy groups -OCH3 is 1. The maximum Gasteiger partial charge on any atom is 0.251 e. The standard InChI is InChI=1S/C28H28N2O5/c1-19-25(20(2)35-30-19)18-33-24-12-10-23(11-13-24)28(31)29-16-22-9-14-26(27(15-22)32-3)34-17-21-7-5-4-6-8-21/h4-15H,16-18H2,1-3H3,(H,29,31). The van der Waals surface area contributed by atoms with Crippen LogP contribution in [0.4, 0.5) is 0 Å². The molecule has 0 aliphatic rings. The molecular weight excluding hydrogens is 444 g/mol. The Hall–Kier alpha value is -4.26. The highest BCUT2D eigenvalue weighted by molar-refractivity contribution is 5.94. The van der Waals surface area contributed by atoms with Gasteiger partial charge in [0.15, 0.2) is 11.5 Å². The molecule has 0 fully saturated rings. The van der Waals surface area contributed by atoms with Gasteiger partial charge in [0, 0.05) is 12.1 Å². The minimum absolute atomic E-state index is 0.175. The SMILES string of the molecule is COc1cc(CNC(=O)c2ccc(OCc3c(C)noc3C)cc2)ccc1OCc1ccccc1. The molecule has 0 atom stereocenters. The molecule has 1 amide bonds. The molecule has 7 nitrogen and oxygen atoms in total. The van der Waals surface area contributed by atoms with Crippen molar-refractivity contribution >= 4 is 5.91 Å². The number of aromatic nitrogens is 1. The molecule has 35 heavy (non-hydrogen) atoms. The number of aryl methyl sites for hydroxylation is 2. The van der Waals surface area contributed by atoms with Gasteiger partial charge in [0.25, 0.3) is 5.91 Å². The minimum Gasteiger partial charge on any atom is -0.493 e. The van der Waals surface area contributed by atoms with Gasteiger partial charge in [-0.2, -0.15) is 0 Å². The van der Waals surface area contributed by atoms with Crippen molar-refractivity contribution in [1.82, 2.24) is 10.5 Å². The van der Waals surface area contributed by atoms with Crippen LogP contribution in [0.15, 0.2) is 77.3 Å². The molecule has 1 aromatic heterocycles. The first-order valence-corrected chi connectivity index (χ1v) is 11.3. The van der Waals surface area contributed by atoms with Gasteiger partial charge in [-0.1, -0.05) is 41.6 Å². The van der Waals surface area contributed by atoms with Crippen LogP contribution in [0, 0.1) is 13.8 Å². The highest BCUT2D eigenvalue weighted by atomic mass is 16.5. The van der Waals surface area contributed by atoms with Gasteiger partial charge in [-0.3, -0.25) is 4.79 Å². The third kappa shape index (κ3) is 6.20. The number of carbonyl (C=O) groups excluding carboxylic acids is 1. The van der Waals surface area contributed by atoms with Gasteiger partial charge in [-0.05, 0) is 61.4 Å². The molecule has 0 unspecified atom stereocenters. The van der Waals surface area contributed by atoms with E-state index in [1.54, 1.807) is 31.4 Å². The first-order valence-electron chi connectivity index (χ1n) is 11.3. The molecule has 0 aliphatic heterocycles. The van der Waals surface area contributed by atoms with E-state index in [1.807, 2.05) is 62.4 Å². The number of hydrogen-bond donors (Lipinski definition) is 1. The molecule has 1 N–H and O–H groups in total. The lowest BCUT2D eigenvalue weighted by Gasteiger charge is -2.13. The molecular formula is C28H28N2O5. The van der Waals surface area contributed by atoms with E-state index in [1.165, 1.54) is 0 Å². The van der Waals surface area contributed by atoms with Crippen molar-refractivity contribution in [2.45, 2.75) is 33.6 Å². The number of ether oxygens (including phenoxy) is 3. The van der Waals surface area contributed by atoms with Crippen molar-refractivity contribution in [2.75, 3.05) is 7.11 Å². The summed E-state index contributed by atoms with van der Waals surface area (Å²) in [5, 5.41) is 6.86. The van der Waals surface area contributed by atoms with Gasteiger partial charge in [0.2, 0.25) is 0 Å². The van der Waals surface area contributed by atoms with Gasteiger partial charge < -0.3 is 24.1 Å². The van der Waals surface area contributed by atoms with Crippen LogP contribution in [0.5, 0.6) is 17.2 Å². The molecule has 3 aromatic carbocycles. The Morgan fingerprint density at radius 1 is 0.886 bits per heavy atom. The first-order chi connectivity index (χ1) is 17.0. The summed E-state index contributed by atoms with van der Waals surface area (Å²) >= 11 is 0. The average Bonchev–Trinajstić information content (AvgIpc) is 3.22. The molecule has 1 heterocycles. The number of nitrogens with one attached hydrogen (secondary N) is 1. The summed E-state index contributed by atoms with van der Waals surface area (Å²) in [5.41, 5.74) is 4.27. The summed E-state index contributed by atoms with van der Waals surface area (Å²) in [6.45, 7) is 4.90. The van der Waals surface area contributed by atoms with E-state index >= 15 is 0 Å². The Labute approximate surface area is 204 Å². The van der Waals surface area contributed by atoms with Gasteiger partial charge >= 0.3 is 0 Å². The number of hydrogen-bond acceptors (Lipinski definition) is 6. The number of nitrogens with zero attached hydrogens (tertiary/aromatic N) is 1. The summed E-state index contributed by atoms with van der Waals surface area (Å²) in [7, 11) is 1.60. The number of carbonyl (C=O) groups is 1. The highest BCUT2D eigenvalue weighted by Gasteiger charge is 2.11. The van der Waals surface area contributed by atoms with Crippen LogP contribution in [-0.2, 0) is 19.8 Å². The molecule has 0 saturated heterocycles. The van der Waals surface area contributed by atoms with E-state index in [0.29, 0.717) is 42.6 Å². The lowest BCUT2D eigenvalue weighted by molar-refractivity contribution is 0.0951. The molecule has 180 valence electrons. The molecule has 4 aromatic rings. The first kappa shape index (κ1) is 23.9. The predicted molar refractivity (Wildman–Crippen MR) is 132 cm³/mol. The third-order valence-electron chi connectivity index (χ3n) is 5.60. The van der Waals surface area contributed by atoms with E-state index in [2.05, 4.69) is 10.5 Å². The maximum atomic E-state index is 12.6. The molecule has 0 spiro atoms. The fourth-order valence-electron chi connectivity index (χ4n) is 3.53. The summed E-state index contributed by atoms with van der Waals surface area (Å²) in [5.74, 6) is 2.50. The van der Waals surface area contributed by atoms with Crippen molar-refractivity contribution in [2.24, 2.45) is 0 Å². The Kier molecular flexibility index (Phi) is 7.67. The summed E-state index contributed by atoms with van der Waals surface area (Å²) in [6.07, 6.45) is 0. The van der Waals surface area contributed by atoms with E-state index in [4.69, 9.17) is 18.7 Å². The normalized spacial score (nSPS) is 10.6. The Morgan fingerprint density at radius 2 is 1.66 bits per heavy atom. The minimum atomic E-state index is -0.175. The van der Waals surface area contributed by atoms with Gasteiger partial charge in [-0.15, -0.1) is 0 Å². The van der Waals surface area contributed by atoms with Crippen molar-refractivity contribution in [3.8, 4) is 17.2 Å². The molecule has 0 radical (unpaired) electrons. The van der Waals surface area contributed by atoms with Crippen molar-refractivity contribution in [3.05, 3.63) is 107 Å². The highest BCUT2D eigenvalue weighted by Crippen LogP contribution is 2.29. The Bertz CT molecular complexity index is 1250. The summed E-state index contributed by atoms with van der Waals surface area (Å²) < 4.78 is 22.3. The number of amides is 1. The van der Waals surface area contributed by atoms with E-state index < -0.39 is 0 Å². The average molecular weight is 473 g/mol. The zero-order valence-corrected chi connectivity index (χ0v) is 20.0. The molecule has 4 rings (SSSR count). The number of benzene rings is 3. The quantitative estimate of drug-likeness (QED) is 0.333. The maximum absolute atomic E-state index is 12.6. The monoisotopic (exact) mass is 472 g/mol. The smallest absolute Gasteiger partial charge is 0.251 e. The molecule has 0 bridgehead atoms. The lowest BCUT2D eigenvalue weighted by Crippen LogP contribution is -2.22. The largest absolute Gasteiger partial charge is 0.493 e. The van der Waals surface area contributed by atoms with Crippen LogP contribution in [-0.4, -0.2) is 18.2 Å². The lowest BCUT2D eigenvalue weighted by atomic mass is 10.1. The van der Waals surface area contributed by atoms with Gasteiger partial charge in [-0.25, -0.2) is 0 Å². The van der Waals surface area contributed by atoms with Crippen LogP contribution in [0.3, 0.4) is 0 Å². The Balaban J connectivity index is 1.30. The van der Waals surface area contributed by atoms with Gasteiger partial charge in [0.1, 0.15) is 24.7 Å². The van der Waals surface area contributed by atoms with Crippen molar-refractivity contribution in [1.29, 1.82) is 0 Å². The Morgan fingerprint density at radius 3 is 2.34 bits per heavy atom.